The highest BCUT2D eigenvalue weighted by molar-refractivity contribution is 7.89. The van der Waals surface area contributed by atoms with Crippen molar-refractivity contribution < 1.29 is 22.7 Å². The molecule has 0 unspecified atom stereocenters. The molecule has 8 nitrogen and oxygen atoms in total. The largest absolute Gasteiger partial charge is 0.484 e. The van der Waals surface area contributed by atoms with Crippen LogP contribution in [0.3, 0.4) is 0 Å². The van der Waals surface area contributed by atoms with Gasteiger partial charge < -0.3 is 15.4 Å². The Balaban J connectivity index is 1.49. The van der Waals surface area contributed by atoms with E-state index in [1.54, 1.807) is 36.4 Å². The molecule has 166 valence electrons. The fourth-order valence-electron chi connectivity index (χ4n) is 3.28. The van der Waals surface area contributed by atoms with Crippen LogP contribution in [-0.4, -0.2) is 50.3 Å². The molecule has 0 aliphatic carbocycles. The van der Waals surface area contributed by atoms with Gasteiger partial charge in [-0.3, -0.25) is 9.59 Å². The van der Waals surface area contributed by atoms with E-state index in [0.29, 0.717) is 42.4 Å². The standard InChI is InChI=1S/C21H24ClN3O5S/c1-15(26)23-17-5-7-20(8-6-17)31(28,29)25-11-9-18(10-12-25)24-21(27)14-30-19-4-2-3-16(22)13-19/h2-8,13,18H,9-12,14H2,1H3,(H,23,26)(H,24,27). The maximum atomic E-state index is 12.9. The predicted octanol–water partition coefficient (Wildman–Crippen LogP) is 2.65. The Kier molecular flexibility index (Phi) is 7.53. The molecule has 1 fully saturated rings. The number of sulfonamides is 1. The first-order chi connectivity index (χ1) is 14.7. The molecule has 2 amide bonds. The highest BCUT2D eigenvalue weighted by Crippen LogP contribution is 2.22. The van der Waals surface area contributed by atoms with Crippen molar-refractivity contribution in [3.05, 3.63) is 53.6 Å². The Labute approximate surface area is 186 Å². The molecule has 2 N–H and O–H groups in total. The minimum Gasteiger partial charge on any atom is -0.484 e. The van der Waals surface area contributed by atoms with E-state index in [4.69, 9.17) is 16.3 Å². The summed E-state index contributed by atoms with van der Waals surface area (Å²) in [7, 11) is -3.64. The smallest absolute Gasteiger partial charge is 0.258 e. The van der Waals surface area contributed by atoms with E-state index in [1.807, 2.05) is 0 Å². The summed E-state index contributed by atoms with van der Waals surface area (Å²) < 4.78 is 32.6. The molecule has 10 heteroatoms. The van der Waals surface area contributed by atoms with Crippen LogP contribution >= 0.6 is 11.6 Å². The second-order valence-electron chi connectivity index (χ2n) is 7.20. The summed E-state index contributed by atoms with van der Waals surface area (Å²) in [6, 6.07) is 12.7. The summed E-state index contributed by atoms with van der Waals surface area (Å²) in [5, 5.41) is 6.01. The van der Waals surface area contributed by atoms with Crippen LogP contribution in [0.15, 0.2) is 53.4 Å². The maximum Gasteiger partial charge on any atom is 0.258 e. The summed E-state index contributed by atoms with van der Waals surface area (Å²) in [4.78, 5) is 23.4. The molecule has 0 atom stereocenters. The van der Waals surface area contributed by atoms with Crippen LogP contribution in [0.4, 0.5) is 5.69 Å². The third kappa shape index (κ3) is 6.43. The number of nitrogens with zero attached hydrogens (tertiary/aromatic N) is 1. The van der Waals surface area contributed by atoms with E-state index in [-0.39, 0.29) is 29.4 Å². The average Bonchev–Trinajstić information content (AvgIpc) is 2.73. The lowest BCUT2D eigenvalue weighted by Gasteiger charge is -2.31. The highest BCUT2D eigenvalue weighted by atomic mass is 35.5. The number of amides is 2. The molecule has 1 aliphatic rings. The molecule has 2 aromatic rings. The van der Waals surface area contributed by atoms with Crippen molar-refractivity contribution in [1.82, 2.24) is 9.62 Å². The molecule has 2 aromatic carbocycles. The monoisotopic (exact) mass is 465 g/mol. The molecule has 1 saturated heterocycles. The highest BCUT2D eigenvalue weighted by Gasteiger charge is 2.30. The molecule has 1 heterocycles. The van der Waals surface area contributed by atoms with Crippen molar-refractivity contribution in [2.75, 3.05) is 25.0 Å². The van der Waals surface area contributed by atoms with Gasteiger partial charge in [-0.1, -0.05) is 17.7 Å². The summed E-state index contributed by atoms with van der Waals surface area (Å²) in [5.41, 5.74) is 0.535. The van der Waals surface area contributed by atoms with Gasteiger partial charge in [0, 0.05) is 36.8 Å². The van der Waals surface area contributed by atoms with E-state index < -0.39 is 10.0 Å². The number of hydrogen-bond donors (Lipinski definition) is 2. The molecule has 0 radical (unpaired) electrons. The van der Waals surface area contributed by atoms with E-state index in [0.717, 1.165) is 0 Å². The molecule has 0 saturated carbocycles. The first kappa shape index (κ1) is 23.1. The number of hydrogen-bond acceptors (Lipinski definition) is 5. The van der Waals surface area contributed by atoms with E-state index in [9.17, 15) is 18.0 Å². The lowest BCUT2D eigenvalue weighted by Crippen LogP contribution is -2.47. The summed E-state index contributed by atoms with van der Waals surface area (Å²) in [5.74, 6) is 0.0145. The number of halogens is 1. The zero-order valence-corrected chi connectivity index (χ0v) is 18.6. The summed E-state index contributed by atoms with van der Waals surface area (Å²) in [6.07, 6.45) is 1.01. The van der Waals surface area contributed by atoms with Crippen LogP contribution < -0.4 is 15.4 Å². The quantitative estimate of drug-likeness (QED) is 0.654. The molecule has 3 rings (SSSR count). The second kappa shape index (κ2) is 10.1. The number of piperidine rings is 1. The van der Waals surface area contributed by atoms with Crippen molar-refractivity contribution in [3.63, 3.8) is 0 Å². The Morgan fingerprint density at radius 3 is 2.42 bits per heavy atom. The van der Waals surface area contributed by atoms with Crippen LogP contribution in [0, 0.1) is 0 Å². The molecule has 0 aromatic heterocycles. The number of carbonyl (C=O) groups excluding carboxylic acids is 2. The number of ether oxygens (including phenoxy) is 1. The van der Waals surface area contributed by atoms with Gasteiger partial charge in [-0.15, -0.1) is 0 Å². The Morgan fingerprint density at radius 2 is 1.81 bits per heavy atom. The van der Waals surface area contributed by atoms with Crippen molar-refractivity contribution in [2.24, 2.45) is 0 Å². The number of carbonyl (C=O) groups is 2. The van der Waals surface area contributed by atoms with Crippen molar-refractivity contribution >= 4 is 39.1 Å². The lowest BCUT2D eigenvalue weighted by molar-refractivity contribution is -0.124. The van der Waals surface area contributed by atoms with Crippen LogP contribution in [-0.2, 0) is 19.6 Å². The first-order valence-electron chi connectivity index (χ1n) is 9.79. The van der Waals surface area contributed by atoms with Crippen LogP contribution in [0.1, 0.15) is 19.8 Å². The van der Waals surface area contributed by atoms with Gasteiger partial charge in [0.2, 0.25) is 15.9 Å². The van der Waals surface area contributed by atoms with Gasteiger partial charge in [0.15, 0.2) is 6.61 Å². The number of rotatable bonds is 7. The van der Waals surface area contributed by atoms with Gasteiger partial charge in [-0.25, -0.2) is 8.42 Å². The predicted molar refractivity (Wildman–Crippen MR) is 118 cm³/mol. The fourth-order valence-corrected chi connectivity index (χ4v) is 4.93. The number of anilines is 1. The third-order valence-electron chi connectivity index (χ3n) is 4.80. The topological polar surface area (TPSA) is 105 Å². The van der Waals surface area contributed by atoms with E-state index in [1.165, 1.54) is 23.4 Å². The van der Waals surface area contributed by atoms with Crippen LogP contribution in [0.2, 0.25) is 5.02 Å². The molecule has 0 spiro atoms. The second-order valence-corrected chi connectivity index (χ2v) is 9.57. The molecular weight excluding hydrogens is 442 g/mol. The van der Waals surface area contributed by atoms with Gasteiger partial charge >= 0.3 is 0 Å². The Hall–Kier alpha value is -2.62. The van der Waals surface area contributed by atoms with Gasteiger partial charge in [0.1, 0.15) is 5.75 Å². The van der Waals surface area contributed by atoms with Gasteiger partial charge in [-0.05, 0) is 55.3 Å². The summed E-state index contributed by atoms with van der Waals surface area (Å²) in [6.45, 7) is 1.85. The Bertz CT molecular complexity index is 1040. The van der Waals surface area contributed by atoms with Gasteiger partial charge in [-0.2, -0.15) is 4.31 Å². The maximum absolute atomic E-state index is 12.9. The SMILES string of the molecule is CC(=O)Nc1ccc(S(=O)(=O)N2CCC(NC(=O)COc3cccc(Cl)c3)CC2)cc1. The van der Waals surface area contributed by atoms with Gasteiger partial charge in [0.25, 0.3) is 5.91 Å². The van der Waals surface area contributed by atoms with Crippen molar-refractivity contribution in [3.8, 4) is 5.75 Å². The molecule has 31 heavy (non-hydrogen) atoms. The first-order valence-corrected chi connectivity index (χ1v) is 11.6. The lowest BCUT2D eigenvalue weighted by atomic mass is 10.1. The third-order valence-corrected chi connectivity index (χ3v) is 6.95. The summed E-state index contributed by atoms with van der Waals surface area (Å²) >= 11 is 5.89. The molecule has 0 bridgehead atoms. The minimum absolute atomic E-state index is 0.121. The van der Waals surface area contributed by atoms with Crippen molar-refractivity contribution in [2.45, 2.75) is 30.7 Å². The van der Waals surface area contributed by atoms with Crippen LogP contribution in [0.25, 0.3) is 0 Å². The van der Waals surface area contributed by atoms with E-state index in [2.05, 4.69) is 10.6 Å². The zero-order valence-electron chi connectivity index (χ0n) is 17.0. The van der Waals surface area contributed by atoms with Crippen molar-refractivity contribution in [1.29, 1.82) is 0 Å². The van der Waals surface area contributed by atoms with Gasteiger partial charge in [0.05, 0.1) is 4.90 Å². The minimum atomic E-state index is -3.64. The molecule has 1 aliphatic heterocycles. The normalized spacial score (nSPS) is 15.3. The zero-order chi connectivity index (χ0) is 22.4. The average molecular weight is 466 g/mol. The van der Waals surface area contributed by atoms with E-state index >= 15 is 0 Å². The number of nitrogens with one attached hydrogen (secondary N) is 2. The fraction of sp³-hybridized carbons (Fsp3) is 0.333. The molecular formula is C21H24ClN3O5S. The Morgan fingerprint density at radius 1 is 1.13 bits per heavy atom. The number of benzene rings is 2. The van der Waals surface area contributed by atoms with Crippen LogP contribution in [0.5, 0.6) is 5.75 Å².